The van der Waals surface area contributed by atoms with E-state index < -0.39 is 0 Å². The van der Waals surface area contributed by atoms with Crippen LogP contribution in [0.3, 0.4) is 0 Å². The van der Waals surface area contributed by atoms with Gasteiger partial charge in [-0.2, -0.15) is 0 Å². The van der Waals surface area contributed by atoms with Crippen LogP contribution in [0.2, 0.25) is 0 Å². The number of rotatable bonds is 6. The smallest absolute Gasteiger partial charge is 0.203 e. The monoisotopic (exact) mass is 317 g/mol. The van der Waals surface area contributed by atoms with Crippen LogP contribution in [0.4, 0.5) is 5.69 Å². The van der Waals surface area contributed by atoms with E-state index in [1.54, 1.807) is 21.3 Å². The largest absolute Gasteiger partial charge is 0.493 e. The van der Waals surface area contributed by atoms with Crippen LogP contribution in [0.1, 0.15) is 25.0 Å². The van der Waals surface area contributed by atoms with Gasteiger partial charge in [0.05, 0.1) is 21.3 Å². The second kappa shape index (κ2) is 9.62. The number of aryl methyl sites for hydroxylation is 1. The maximum Gasteiger partial charge on any atom is 0.203 e. The Morgan fingerprint density at radius 1 is 0.826 bits per heavy atom. The van der Waals surface area contributed by atoms with E-state index in [0.29, 0.717) is 17.2 Å². The molecule has 4 nitrogen and oxygen atoms in total. The molecule has 0 aromatic heterocycles. The highest BCUT2D eigenvalue weighted by molar-refractivity contribution is 5.62. The molecule has 0 fully saturated rings. The molecular weight excluding hydrogens is 290 g/mol. The molecule has 2 aromatic carbocycles. The molecule has 2 aromatic rings. The molecule has 0 bridgehead atoms. The lowest BCUT2D eigenvalue weighted by atomic mass is 10.1. The van der Waals surface area contributed by atoms with Crippen molar-refractivity contribution in [2.75, 3.05) is 26.6 Å². The number of anilines is 1. The van der Waals surface area contributed by atoms with Gasteiger partial charge < -0.3 is 19.5 Å². The molecule has 0 spiro atoms. The summed E-state index contributed by atoms with van der Waals surface area (Å²) in [6.45, 7) is 6.81. The normalized spacial score (nSPS) is 9.48. The van der Waals surface area contributed by atoms with Gasteiger partial charge in [0.25, 0.3) is 0 Å². The minimum absolute atomic E-state index is 0.598. The highest BCUT2D eigenvalue weighted by atomic mass is 16.5. The molecule has 4 heteroatoms. The fraction of sp³-hybridized carbons (Fsp3) is 0.368. The van der Waals surface area contributed by atoms with E-state index in [2.05, 4.69) is 36.5 Å². The molecule has 0 radical (unpaired) electrons. The van der Waals surface area contributed by atoms with Gasteiger partial charge in [-0.05, 0) is 12.5 Å². The van der Waals surface area contributed by atoms with E-state index in [1.165, 1.54) is 11.1 Å². The highest BCUT2D eigenvalue weighted by Gasteiger charge is 2.12. The van der Waals surface area contributed by atoms with Crippen molar-refractivity contribution >= 4 is 5.69 Å². The summed E-state index contributed by atoms with van der Waals surface area (Å²) in [6, 6.07) is 12.2. The molecule has 0 amide bonds. The summed E-state index contributed by atoms with van der Waals surface area (Å²) in [6.07, 6.45) is 0. The van der Waals surface area contributed by atoms with Gasteiger partial charge in [0, 0.05) is 24.4 Å². The fourth-order valence-corrected chi connectivity index (χ4v) is 2.09. The summed E-state index contributed by atoms with van der Waals surface area (Å²) in [5.41, 5.74) is 3.39. The summed E-state index contributed by atoms with van der Waals surface area (Å²) < 4.78 is 16.0. The zero-order valence-electron chi connectivity index (χ0n) is 14.9. The summed E-state index contributed by atoms with van der Waals surface area (Å²) in [4.78, 5) is 0. The lowest BCUT2D eigenvalue weighted by molar-refractivity contribution is 0.324. The molecule has 0 aliphatic heterocycles. The third-order valence-corrected chi connectivity index (χ3v) is 3.28. The predicted octanol–water partition coefficient (Wildman–Crippen LogP) is 4.66. The molecule has 0 aliphatic rings. The van der Waals surface area contributed by atoms with Crippen molar-refractivity contribution < 1.29 is 14.2 Å². The predicted molar refractivity (Wildman–Crippen MR) is 96.0 cm³/mol. The average molecular weight is 317 g/mol. The van der Waals surface area contributed by atoms with E-state index in [0.717, 1.165) is 12.2 Å². The molecule has 0 saturated heterocycles. The van der Waals surface area contributed by atoms with Gasteiger partial charge in [0.2, 0.25) is 5.75 Å². The molecular formula is C19H27NO3. The first-order chi connectivity index (χ1) is 11.2. The van der Waals surface area contributed by atoms with Crippen LogP contribution in [0, 0.1) is 6.92 Å². The van der Waals surface area contributed by atoms with E-state index in [4.69, 9.17) is 14.2 Å². The van der Waals surface area contributed by atoms with E-state index in [-0.39, 0.29) is 0 Å². The van der Waals surface area contributed by atoms with Crippen molar-refractivity contribution in [2.24, 2.45) is 0 Å². The Morgan fingerprint density at radius 3 is 1.78 bits per heavy atom. The molecule has 23 heavy (non-hydrogen) atoms. The number of hydrogen-bond donors (Lipinski definition) is 1. The van der Waals surface area contributed by atoms with Gasteiger partial charge >= 0.3 is 0 Å². The first kappa shape index (κ1) is 18.7. The SMILES string of the molecule is CC.COc1cc(NCc2ccc(C)cc2)cc(OC)c1OC. The molecule has 0 heterocycles. The van der Waals surface area contributed by atoms with Gasteiger partial charge in [-0.25, -0.2) is 0 Å². The van der Waals surface area contributed by atoms with Crippen LogP contribution in [-0.2, 0) is 6.54 Å². The quantitative estimate of drug-likeness (QED) is 0.841. The zero-order valence-corrected chi connectivity index (χ0v) is 14.9. The van der Waals surface area contributed by atoms with Crippen molar-refractivity contribution in [3.05, 3.63) is 47.5 Å². The van der Waals surface area contributed by atoms with Gasteiger partial charge in [-0.15, -0.1) is 0 Å². The lowest BCUT2D eigenvalue weighted by Crippen LogP contribution is -2.01. The highest BCUT2D eigenvalue weighted by Crippen LogP contribution is 2.39. The molecule has 0 saturated carbocycles. The van der Waals surface area contributed by atoms with Crippen LogP contribution in [0.5, 0.6) is 17.2 Å². The number of ether oxygens (including phenoxy) is 3. The van der Waals surface area contributed by atoms with Crippen molar-refractivity contribution in [3.8, 4) is 17.2 Å². The number of benzene rings is 2. The number of methoxy groups -OCH3 is 3. The first-order valence-corrected chi connectivity index (χ1v) is 7.77. The minimum Gasteiger partial charge on any atom is -0.493 e. The fourth-order valence-electron chi connectivity index (χ4n) is 2.09. The van der Waals surface area contributed by atoms with Gasteiger partial charge in [-0.1, -0.05) is 43.7 Å². The Bertz CT molecular complexity index is 569. The summed E-state index contributed by atoms with van der Waals surface area (Å²) in [5, 5.41) is 3.37. The first-order valence-electron chi connectivity index (χ1n) is 7.77. The molecule has 126 valence electrons. The molecule has 0 atom stereocenters. The van der Waals surface area contributed by atoms with Crippen LogP contribution >= 0.6 is 0 Å². The molecule has 1 N–H and O–H groups in total. The number of nitrogens with one attached hydrogen (secondary N) is 1. The Labute approximate surface area is 139 Å². The van der Waals surface area contributed by atoms with Crippen LogP contribution in [0.15, 0.2) is 36.4 Å². The summed E-state index contributed by atoms with van der Waals surface area (Å²) in [5.74, 6) is 1.88. The van der Waals surface area contributed by atoms with Gasteiger partial charge in [0.15, 0.2) is 11.5 Å². The summed E-state index contributed by atoms with van der Waals surface area (Å²) >= 11 is 0. The second-order valence-corrected chi connectivity index (χ2v) is 4.75. The van der Waals surface area contributed by atoms with Crippen molar-refractivity contribution in [3.63, 3.8) is 0 Å². The topological polar surface area (TPSA) is 39.7 Å². The zero-order chi connectivity index (χ0) is 17.2. The average Bonchev–Trinajstić information content (AvgIpc) is 2.61. The van der Waals surface area contributed by atoms with E-state index >= 15 is 0 Å². The van der Waals surface area contributed by atoms with Crippen LogP contribution in [-0.4, -0.2) is 21.3 Å². The maximum absolute atomic E-state index is 5.34. The Balaban J connectivity index is 0.00000127. The van der Waals surface area contributed by atoms with E-state index in [1.807, 2.05) is 26.0 Å². The van der Waals surface area contributed by atoms with Crippen molar-refractivity contribution in [1.29, 1.82) is 0 Å². The number of hydrogen-bond acceptors (Lipinski definition) is 4. The molecule has 0 unspecified atom stereocenters. The maximum atomic E-state index is 5.34. The molecule has 2 rings (SSSR count). The van der Waals surface area contributed by atoms with Crippen LogP contribution in [0.25, 0.3) is 0 Å². The van der Waals surface area contributed by atoms with Crippen molar-refractivity contribution in [1.82, 2.24) is 0 Å². The third-order valence-electron chi connectivity index (χ3n) is 3.28. The third kappa shape index (κ3) is 5.09. The minimum atomic E-state index is 0.598. The van der Waals surface area contributed by atoms with Gasteiger partial charge in [-0.3, -0.25) is 0 Å². The van der Waals surface area contributed by atoms with Gasteiger partial charge in [0.1, 0.15) is 0 Å². The Morgan fingerprint density at radius 2 is 1.35 bits per heavy atom. The Hall–Kier alpha value is -2.36. The van der Waals surface area contributed by atoms with Crippen LogP contribution < -0.4 is 19.5 Å². The Kier molecular flexibility index (Phi) is 7.81. The standard InChI is InChI=1S/C17H21NO3.C2H6/c1-12-5-7-13(8-6-12)11-18-14-9-15(19-2)17(21-4)16(10-14)20-3;1-2/h5-10,18H,11H2,1-4H3;1-2H3. The summed E-state index contributed by atoms with van der Waals surface area (Å²) in [7, 11) is 4.82. The van der Waals surface area contributed by atoms with E-state index in [9.17, 15) is 0 Å². The van der Waals surface area contributed by atoms with Crippen molar-refractivity contribution in [2.45, 2.75) is 27.3 Å². The second-order valence-electron chi connectivity index (χ2n) is 4.75. The lowest BCUT2D eigenvalue weighted by Gasteiger charge is -2.15. The molecule has 0 aliphatic carbocycles.